The van der Waals surface area contributed by atoms with Gasteiger partial charge in [-0.3, -0.25) is 4.79 Å². The number of aliphatic carboxylic acids is 1. The zero-order chi connectivity index (χ0) is 13.1. The van der Waals surface area contributed by atoms with E-state index in [9.17, 15) is 4.79 Å². The molecule has 2 N–H and O–H groups in total. The Labute approximate surface area is 104 Å². The number of carboxylic acid groups (broad SMARTS) is 1. The van der Waals surface area contributed by atoms with Crippen molar-refractivity contribution >= 4 is 22.6 Å². The van der Waals surface area contributed by atoms with Crippen LogP contribution in [0, 0.1) is 11.3 Å². The first-order chi connectivity index (χ1) is 8.63. The summed E-state index contributed by atoms with van der Waals surface area (Å²) >= 11 is 0. The van der Waals surface area contributed by atoms with Crippen LogP contribution in [0.15, 0.2) is 30.5 Å². The molecule has 0 aliphatic heterocycles. The van der Waals surface area contributed by atoms with Gasteiger partial charge in [0, 0.05) is 11.6 Å². The van der Waals surface area contributed by atoms with Gasteiger partial charge in [0.1, 0.15) is 11.9 Å². The second kappa shape index (κ2) is 4.72. The van der Waals surface area contributed by atoms with E-state index >= 15 is 0 Å². The van der Waals surface area contributed by atoms with Crippen molar-refractivity contribution in [2.45, 2.75) is 13.0 Å². The van der Waals surface area contributed by atoms with E-state index in [1.807, 2.05) is 6.07 Å². The number of nitrogens with zero attached hydrogens (tertiary/aromatic N) is 2. The van der Waals surface area contributed by atoms with Crippen molar-refractivity contribution in [3.63, 3.8) is 0 Å². The third-order valence-electron chi connectivity index (χ3n) is 2.64. The van der Waals surface area contributed by atoms with E-state index in [1.165, 1.54) is 6.92 Å². The van der Waals surface area contributed by atoms with E-state index in [1.54, 1.807) is 24.4 Å². The minimum Gasteiger partial charge on any atom is -0.480 e. The van der Waals surface area contributed by atoms with E-state index in [-0.39, 0.29) is 0 Å². The number of carboxylic acids is 1. The summed E-state index contributed by atoms with van der Waals surface area (Å²) in [6, 6.07) is 8.42. The number of hydrogen-bond acceptors (Lipinski definition) is 4. The maximum Gasteiger partial charge on any atom is 0.325 e. The molecule has 5 nitrogen and oxygen atoms in total. The molecule has 0 fully saturated rings. The smallest absolute Gasteiger partial charge is 0.325 e. The lowest BCUT2D eigenvalue weighted by atomic mass is 10.1. The largest absolute Gasteiger partial charge is 0.480 e. The maximum absolute atomic E-state index is 10.8. The van der Waals surface area contributed by atoms with Crippen molar-refractivity contribution in [1.82, 2.24) is 4.98 Å². The summed E-state index contributed by atoms with van der Waals surface area (Å²) in [4.78, 5) is 15.0. The average Bonchev–Trinajstić information content (AvgIpc) is 2.38. The molecule has 0 bridgehead atoms. The Bertz CT molecular complexity index is 641. The lowest BCUT2D eigenvalue weighted by Gasteiger charge is -2.12. The third-order valence-corrected chi connectivity index (χ3v) is 2.64. The number of nitriles is 1. The van der Waals surface area contributed by atoms with Crippen molar-refractivity contribution in [2.75, 3.05) is 5.32 Å². The fourth-order valence-corrected chi connectivity index (χ4v) is 1.70. The Hall–Kier alpha value is -2.61. The van der Waals surface area contributed by atoms with Gasteiger partial charge in [0.05, 0.1) is 11.6 Å². The standard InChI is InChI=1S/C13H11N3O2/c1-8(13(17)18)16-12-11-9(5-6-15-12)3-2-4-10(11)7-14/h2-6,8H,1H3,(H,15,16)(H,17,18). The second-order valence-corrected chi connectivity index (χ2v) is 3.88. The summed E-state index contributed by atoms with van der Waals surface area (Å²) in [6.45, 7) is 1.53. The molecular formula is C13H11N3O2. The monoisotopic (exact) mass is 241 g/mol. The molecule has 1 heterocycles. The molecule has 0 spiro atoms. The highest BCUT2D eigenvalue weighted by molar-refractivity contribution is 5.97. The van der Waals surface area contributed by atoms with Crippen LogP contribution in [0.1, 0.15) is 12.5 Å². The normalized spacial score (nSPS) is 11.8. The van der Waals surface area contributed by atoms with Gasteiger partial charge in [-0.05, 0) is 24.4 Å². The number of anilines is 1. The molecule has 5 heteroatoms. The number of pyridine rings is 1. The Morgan fingerprint density at radius 2 is 2.28 bits per heavy atom. The van der Waals surface area contributed by atoms with Crippen molar-refractivity contribution in [3.8, 4) is 6.07 Å². The van der Waals surface area contributed by atoms with Crippen LogP contribution in [0.4, 0.5) is 5.82 Å². The van der Waals surface area contributed by atoms with Crippen LogP contribution in [0.2, 0.25) is 0 Å². The molecule has 0 radical (unpaired) electrons. The van der Waals surface area contributed by atoms with E-state index in [0.717, 1.165) is 5.39 Å². The Morgan fingerprint density at radius 3 is 2.94 bits per heavy atom. The minimum absolute atomic E-state index is 0.416. The number of fused-ring (bicyclic) bond motifs is 1. The van der Waals surface area contributed by atoms with Crippen molar-refractivity contribution < 1.29 is 9.90 Å². The molecule has 2 aromatic rings. The van der Waals surface area contributed by atoms with Crippen LogP contribution in [-0.4, -0.2) is 22.1 Å². The highest BCUT2D eigenvalue weighted by Gasteiger charge is 2.14. The molecule has 90 valence electrons. The van der Waals surface area contributed by atoms with Gasteiger partial charge < -0.3 is 10.4 Å². The van der Waals surface area contributed by atoms with Gasteiger partial charge in [-0.25, -0.2) is 4.98 Å². The molecule has 0 amide bonds. The van der Waals surface area contributed by atoms with Crippen LogP contribution < -0.4 is 5.32 Å². The van der Waals surface area contributed by atoms with E-state index < -0.39 is 12.0 Å². The predicted octanol–water partition coefficient (Wildman–Crippen LogP) is 1.99. The van der Waals surface area contributed by atoms with Gasteiger partial charge in [0.15, 0.2) is 0 Å². The molecule has 0 aliphatic rings. The van der Waals surface area contributed by atoms with Gasteiger partial charge in [0.25, 0.3) is 0 Å². The van der Waals surface area contributed by atoms with Crippen molar-refractivity contribution in [3.05, 3.63) is 36.0 Å². The molecule has 1 aromatic carbocycles. The molecule has 1 aromatic heterocycles. The molecule has 1 unspecified atom stereocenters. The van der Waals surface area contributed by atoms with Gasteiger partial charge in [-0.15, -0.1) is 0 Å². The van der Waals surface area contributed by atoms with Crippen LogP contribution in [0.3, 0.4) is 0 Å². The van der Waals surface area contributed by atoms with E-state index in [0.29, 0.717) is 16.8 Å². The predicted molar refractivity (Wildman–Crippen MR) is 67.2 cm³/mol. The maximum atomic E-state index is 10.8. The lowest BCUT2D eigenvalue weighted by Crippen LogP contribution is -2.26. The zero-order valence-corrected chi connectivity index (χ0v) is 9.71. The molecule has 0 saturated carbocycles. The van der Waals surface area contributed by atoms with Gasteiger partial charge in [-0.2, -0.15) is 5.26 Å². The van der Waals surface area contributed by atoms with Gasteiger partial charge >= 0.3 is 5.97 Å². The van der Waals surface area contributed by atoms with Crippen LogP contribution in [0.5, 0.6) is 0 Å². The topological polar surface area (TPSA) is 86.0 Å². The molecule has 0 aliphatic carbocycles. The number of hydrogen-bond donors (Lipinski definition) is 2. The number of nitrogens with one attached hydrogen (secondary N) is 1. The first kappa shape index (κ1) is 11.9. The molecule has 1 atom stereocenters. The summed E-state index contributed by atoms with van der Waals surface area (Å²) in [6.07, 6.45) is 1.58. The SMILES string of the molecule is CC(Nc1nccc2cccc(C#N)c12)C(=O)O. The van der Waals surface area contributed by atoms with Crippen molar-refractivity contribution in [2.24, 2.45) is 0 Å². The average molecular weight is 241 g/mol. The van der Waals surface area contributed by atoms with Crippen LogP contribution >= 0.6 is 0 Å². The summed E-state index contributed by atoms with van der Waals surface area (Å²) in [5.74, 6) is -0.553. The Kier molecular flexibility index (Phi) is 3.11. The highest BCUT2D eigenvalue weighted by atomic mass is 16.4. The molecule has 2 rings (SSSR count). The first-order valence-electron chi connectivity index (χ1n) is 5.40. The van der Waals surface area contributed by atoms with Gasteiger partial charge in [0.2, 0.25) is 0 Å². The van der Waals surface area contributed by atoms with E-state index in [2.05, 4.69) is 16.4 Å². The third kappa shape index (κ3) is 2.09. The summed E-state index contributed by atoms with van der Waals surface area (Å²) in [5, 5.41) is 22.3. The molecular weight excluding hydrogens is 230 g/mol. The Morgan fingerprint density at radius 1 is 1.50 bits per heavy atom. The summed E-state index contributed by atoms with van der Waals surface area (Å²) in [5.41, 5.74) is 0.473. The van der Waals surface area contributed by atoms with Gasteiger partial charge in [-0.1, -0.05) is 12.1 Å². The molecule has 0 saturated heterocycles. The molecule has 18 heavy (non-hydrogen) atoms. The first-order valence-corrected chi connectivity index (χ1v) is 5.40. The minimum atomic E-state index is -0.969. The van der Waals surface area contributed by atoms with Crippen LogP contribution in [0.25, 0.3) is 10.8 Å². The van der Waals surface area contributed by atoms with Crippen molar-refractivity contribution in [1.29, 1.82) is 5.26 Å². The number of aromatic nitrogens is 1. The van der Waals surface area contributed by atoms with Crippen LogP contribution in [-0.2, 0) is 4.79 Å². The number of benzene rings is 1. The Balaban J connectivity index is 2.57. The lowest BCUT2D eigenvalue weighted by molar-refractivity contribution is -0.137. The summed E-state index contributed by atoms with van der Waals surface area (Å²) in [7, 11) is 0. The fraction of sp³-hybridized carbons (Fsp3) is 0.154. The second-order valence-electron chi connectivity index (χ2n) is 3.88. The fourth-order valence-electron chi connectivity index (χ4n) is 1.70. The van der Waals surface area contributed by atoms with E-state index in [4.69, 9.17) is 10.4 Å². The number of carbonyl (C=O) groups is 1. The zero-order valence-electron chi connectivity index (χ0n) is 9.71. The number of rotatable bonds is 3. The summed E-state index contributed by atoms with van der Waals surface area (Å²) < 4.78 is 0. The highest BCUT2D eigenvalue weighted by Crippen LogP contribution is 2.25. The quantitative estimate of drug-likeness (QED) is 0.858.